The van der Waals surface area contributed by atoms with Crippen LogP contribution in [0, 0.1) is 10.1 Å². The van der Waals surface area contributed by atoms with E-state index in [1.54, 1.807) is 18.3 Å². The zero-order chi connectivity index (χ0) is 18.8. The van der Waals surface area contributed by atoms with E-state index in [1.807, 2.05) is 18.2 Å². The fourth-order valence-corrected chi connectivity index (χ4v) is 3.62. The average Bonchev–Trinajstić information content (AvgIpc) is 2.61. The molecule has 0 aliphatic heterocycles. The van der Waals surface area contributed by atoms with Crippen LogP contribution in [0.2, 0.25) is 0 Å². The van der Waals surface area contributed by atoms with E-state index in [0.29, 0.717) is 33.2 Å². The molecule has 0 saturated carbocycles. The van der Waals surface area contributed by atoms with Crippen molar-refractivity contribution < 1.29 is 9.72 Å². The number of halogens is 2. The van der Waals surface area contributed by atoms with Crippen molar-refractivity contribution in [3.63, 3.8) is 0 Å². The number of fused-ring (bicyclic) bond motifs is 1. The first kappa shape index (κ1) is 18.5. The maximum Gasteiger partial charge on any atom is 0.270 e. The molecule has 0 aliphatic carbocycles. The summed E-state index contributed by atoms with van der Waals surface area (Å²) in [6.07, 6.45) is 1.60. The van der Waals surface area contributed by atoms with Gasteiger partial charge in [0.15, 0.2) is 0 Å². The first-order chi connectivity index (χ1) is 12.4. The molecule has 1 amide bonds. The second kappa shape index (κ2) is 7.51. The van der Waals surface area contributed by atoms with Crippen LogP contribution in [-0.2, 0) is 10.1 Å². The van der Waals surface area contributed by atoms with Crippen LogP contribution in [0.25, 0.3) is 10.9 Å². The molecule has 0 spiro atoms. The smallest absolute Gasteiger partial charge is 0.270 e. The minimum atomic E-state index is -0.445. The second-order valence-corrected chi connectivity index (χ2v) is 7.03. The molecule has 1 heterocycles. The van der Waals surface area contributed by atoms with Crippen LogP contribution in [0.5, 0.6) is 0 Å². The summed E-state index contributed by atoms with van der Waals surface area (Å²) in [5, 5.41) is 12.3. The predicted octanol–water partition coefficient (Wildman–Crippen LogP) is 5.49. The van der Waals surface area contributed by atoms with Gasteiger partial charge in [0.25, 0.3) is 5.69 Å². The van der Waals surface area contributed by atoms with Gasteiger partial charge in [-0.1, -0.05) is 37.9 Å². The molecule has 8 heteroatoms. The van der Waals surface area contributed by atoms with Gasteiger partial charge in [-0.25, -0.2) is 0 Å². The first-order valence-corrected chi connectivity index (χ1v) is 9.52. The Labute approximate surface area is 166 Å². The zero-order valence-corrected chi connectivity index (χ0v) is 16.8. The summed E-state index contributed by atoms with van der Waals surface area (Å²) in [5.74, 6) is -0.206. The van der Waals surface area contributed by atoms with Crippen molar-refractivity contribution in [2.75, 3.05) is 4.90 Å². The maximum atomic E-state index is 12.4. The van der Waals surface area contributed by atoms with E-state index in [9.17, 15) is 14.9 Å². The first-order valence-electron chi connectivity index (χ1n) is 7.60. The summed E-state index contributed by atoms with van der Waals surface area (Å²) in [4.78, 5) is 29.2. The molecule has 0 N–H and O–H groups in total. The number of rotatable bonds is 4. The molecule has 0 radical (unpaired) electrons. The number of non-ortho nitro benzene ring substituents is 1. The third-order valence-corrected chi connectivity index (χ3v) is 4.96. The van der Waals surface area contributed by atoms with Crippen molar-refractivity contribution in [2.24, 2.45) is 0 Å². The number of amides is 1. The lowest BCUT2D eigenvalue weighted by atomic mass is 10.1. The Bertz CT molecular complexity index is 1020. The van der Waals surface area contributed by atoms with E-state index in [4.69, 9.17) is 0 Å². The number of nitro benzene ring substituents is 1. The Morgan fingerprint density at radius 1 is 1.27 bits per heavy atom. The Morgan fingerprint density at radius 2 is 2.04 bits per heavy atom. The van der Waals surface area contributed by atoms with Crippen LogP contribution in [0.1, 0.15) is 12.5 Å². The van der Waals surface area contributed by atoms with Crippen LogP contribution in [-0.4, -0.2) is 15.8 Å². The molecular formula is C18H13Br2N3O3. The van der Waals surface area contributed by atoms with Crippen molar-refractivity contribution >= 4 is 65.7 Å². The van der Waals surface area contributed by atoms with Crippen LogP contribution >= 0.6 is 31.9 Å². The van der Waals surface area contributed by atoms with Gasteiger partial charge < -0.3 is 0 Å². The molecule has 0 aliphatic rings. The van der Waals surface area contributed by atoms with Gasteiger partial charge in [-0.3, -0.25) is 24.8 Å². The van der Waals surface area contributed by atoms with Crippen molar-refractivity contribution in [3.8, 4) is 0 Å². The third kappa shape index (κ3) is 3.47. The van der Waals surface area contributed by atoms with E-state index >= 15 is 0 Å². The van der Waals surface area contributed by atoms with Crippen molar-refractivity contribution in [3.05, 3.63) is 68.8 Å². The molecule has 6 nitrogen and oxygen atoms in total. The van der Waals surface area contributed by atoms with Crippen LogP contribution in [0.3, 0.4) is 0 Å². The van der Waals surface area contributed by atoms with Gasteiger partial charge in [0, 0.05) is 40.4 Å². The highest BCUT2D eigenvalue weighted by atomic mass is 79.9. The van der Waals surface area contributed by atoms with E-state index in [-0.39, 0.29) is 11.6 Å². The van der Waals surface area contributed by atoms with Crippen LogP contribution < -0.4 is 4.90 Å². The summed E-state index contributed by atoms with van der Waals surface area (Å²) in [6.45, 7) is 1.45. The lowest BCUT2D eigenvalue weighted by Crippen LogP contribution is -2.23. The van der Waals surface area contributed by atoms with Gasteiger partial charge in [-0.2, -0.15) is 0 Å². The van der Waals surface area contributed by atoms with E-state index in [2.05, 4.69) is 36.8 Å². The van der Waals surface area contributed by atoms with Crippen molar-refractivity contribution in [2.45, 2.75) is 12.3 Å². The summed E-state index contributed by atoms with van der Waals surface area (Å²) >= 11 is 6.77. The molecule has 132 valence electrons. The van der Waals surface area contributed by atoms with Gasteiger partial charge in [-0.15, -0.1) is 0 Å². The summed E-state index contributed by atoms with van der Waals surface area (Å²) in [5.41, 5.74) is 2.47. The van der Waals surface area contributed by atoms with Crippen LogP contribution in [0.4, 0.5) is 17.1 Å². The van der Waals surface area contributed by atoms with Crippen LogP contribution in [0.15, 0.2) is 53.1 Å². The highest BCUT2D eigenvalue weighted by molar-refractivity contribution is 9.10. The number of carbonyl (C=O) groups excluding carboxylic acids is 1. The molecule has 1 aromatic heterocycles. The number of pyridine rings is 1. The number of hydrogen-bond donors (Lipinski definition) is 0. The van der Waals surface area contributed by atoms with Gasteiger partial charge in [0.2, 0.25) is 5.91 Å². The van der Waals surface area contributed by atoms with Crippen molar-refractivity contribution in [1.29, 1.82) is 0 Å². The Balaban J connectivity index is 2.33. The second-order valence-electron chi connectivity index (χ2n) is 5.56. The normalized spacial score (nSPS) is 10.7. The molecule has 0 saturated heterocycles. The molecule has 0 fully saturated rings. The quantitative estimate of drug-likeness (QED) is 0.282. The predicted molar refractivity (Wildman–Crippen MR) is 108 cm³/mol. The monoisotopic (exact) mass is 477 g/mol. The number of carbonyl (C=O) groups is 1. The van der Waals surface area contributed by atoms with E-state index in [0.717, 1.165) is 4.47 Å². The number of aromatic nitrogens is 1. The molecule has 0 unspecified atom stereocenters. The van der Waals surface area contributed by atoms with Gasteiger partial charge >= 0.3 is 0 Å². The number of nitrogens with zero attached hydrogens (tertiary/aromatic N) is 3. The fourth-order valence-electron chi connectivity index (χ4n) is 2.81. The summed E-state index contributed by atoms with van der Waals surface area (Å²) < 4.78 is 0.826. The Morgan fingerprint density at radius 3 is 2.65 bits per heavy atom. The number of hydrogen-bond acceptors (Lipinski definition) is 4. The number of anilines is 2. The molecule has 0 atom stereocenters. The number of nitro groups is 1. The minimum Gasteiger partial charge on any atom is -0.281 e. The fraction of sp³-hybridized carbons (Fsp3) is 0.111. The molecule has 3 aromatic rings. The Hall–Kier alpha value is -2.32. The van der Waals surface area contributed by atoms with Gasteiger partial charge in [-0.05, 0) is 29.8 Å². The SMILES string of the molecule is CC(=O)N(c1cccc(Br)c1)c1ccnc2c(CBr)cc([N+](=O)[O-])cc12. The largest absolute Gasteiger partial charge is 0.281 e. The molecule has 2 aromatic carbocycles. The lowest BCUT2D eigenvalue weighted by molar-refractivity contribution is -0.384. The lowest BCUT2D eigenvalue weighted by Gasteiger charge is -2.23. The topological polar surface area (TPSA) is 76.3 Å². The zero-order valence-electron chi connectivity index (χ0n) is 13.6. The summed E-state index contributed by atoms with van der Waals surface area (Å²) in [6, 6.07) is 11.9. The molecule has 3 rings (SSSR count). The highest BCUT2D eigenvalue weighted by Gasteiger charge is 2.21. The third-order valence-electron chi connectivity index (χ3n) is 3.86. The molecule has 0 bridgehead atoms. The summed E-state index contributed by atoms with van der Waals surface area (Å²) in [7, 11) is 0. The minimum absolute atomic E-state index is 0.0426. The maximum absolute atomic E-state index is 12.4. The van der Waals surface area contributed by atoms with E-state index in [1.165, 1.54) is 24.0 Å². The van der Waals surface area contributed by atoms with Gasteiger partial charge in [0.1, 0.15) is 0 Å². The molecular weight excluding hydrogens is 466 g/mol. The van der Waals surface area contributed by atoms with Gasteiger partial charge in [0.05, 0.1) is 21.8 Å². The number of alkyl halides is 1. The average molecular weight is 479 g/mol. The number of benzene rings is 2. The highest BCUT2D eigenvalue weighted by Crippen LogP contribution is 2.36. The van der Waals surface area contributed by atoms with Crippen molar-refractivity contribution in [1.82, 2.24) is 4.98 Å². The van der Waals surface area contributed by atoms with E-state index < -0.39 is 4.92 Å². The standard InChI is InChI=1S/C18H13Br2N3O3/c1-11(24)22(14-4-2-3-13(20)8-14)17-5-6-21-18-12(10-19)7-15(23(25)26)9-16(17)18/h2-9H,10H2,1H3. The molecule has 26 heavy (non-hydrogen) atoms. The Kier molecular flexibility index (Phi) is 5.33.